The van der Waals surface area contributed by atoms with E-state index < -0.39 is 10.0 Å². The van der Waals surface area contributed by atoms with Crippen LogP contribution in [-0.4, -0.2) is 43.9 Å². The van der Waals surface area contributed by atoms with Crippen molar-refractivity contribution in [2.45, 2.75) is 24.0 Å². The third kappa shape index (κ3) is 3.31. The lowest BCUT2D eigenvalue weighted by atomic mass is 10.2. The van der Waals surface area contributed by atoms with E-state index in [9.17, 15) is 8.42 Å². The Hall–Kier alpha value is -0.140. The minimum atomic E-state index is -3.50. The molecule has 1 aliphatic rings. The highest BCUT2D eigenvalue weighted by atomic mass is 79.9. The smallest absolute Gasteiger partial charge is 0.243 e. The van der Waals surface area contributed by atoms with E-state index in [1.165, 1.54) is 4.31 Å². The lowest BCUT2D eigenvalue weighted by Gasteiger charge is -2.36. The molecule has 0 radical (unpaired) electrons. The number of rotatable bonds is 3. The Morgan fingerprint density at radius 2 is 2.05 bits per heavy atom. The largest absolute Gasteiger partial charge is 0.374 e. The minimum absolute atomic E-state index is 0.187. The summed E-state index contributed by atoms with van der Waals surface area (Å²) in [4.78, 5) is 0.290. The van der Waals surface area contributed by atoms with Crippen molar-refractivity contribution in [3.63, 3.8) is 0 Å². The van der Waals surface area contributed by atoms with Crippen molar-refractivity contribution in [3.05, 3.63) is 28.7 Å². The van der Waals surface area contributed by atoms with Gasteiger partial charge in [0.05, 0.1) is 17.6 Å². The van der Waals surface area contributed by atoms with E-state index in [4.69, 9.17) is 16.3 Å². The van der Waals surface area contributed by atoms with Gasteiger partial charge >= 0.3 is 0 Å². The Kier molecular flexibility index (Phi) is 4.89. The number of benzene rings is 1. The van der Waals surface area contributed by atoms with E-state index >= 15 is 0 Å². The number of halogens is 2. The van der Waals surface area contributed by atoms with Gasteiger partial charge in [0.15, 0.2) is 0 Å². The molecule has 0 N–H and O–H groups in total. The van der Waals surface area contributed by atoms with E-state index in [1.54, 1.807) is 24.3 Å². The Morgan fingerprint density at radius 3 is 2.63 bits per heavy atom. The fourth-order valence-corrected chi connectivity index (χ4v) is 4.06. The van der Waals surface area contributed by atoms with Crippen molar-refractivity contribution in [3.8, 4) is 0 Å². The van der Waals surface area contributed by atoms with Crippen LogP contribution in [0.15, 0.2) is 33.6 Å². The van der Waals surface area contributed by atoms with Crippen LogP contribution in [0.3, 0.4) is 0 Å². The summed E-state index contributed by atoms with van der Waals surface area (Å²) in [5.74, 6) is 0.291. The molecule has 0 amide bonds. The predicted octanol–water partition coefficient (Wildman–Crippen LogP) is 2.47. The van der Waals surface area contributed by atoms with Crippen LogP contribution in [-0.2, 0) is 14.8 Å². The Balaban J connectivity index is 2.29. The van der Waals surface area contributed by atoms with Gasteiger partial charge in [-0.25, -0.2) is 8.42 Å². The lowest BCUT2D eigenvalue weighted by Crippen LogP contribution is -2.51. The molecule has 0 spiro atoms. The zero-order chi connectivity index (χ0) is 14.0. The molecule has 106 valence electrons. The quantitative estimate of drug-likeness (QED) is 0.770. The van der Waals surface area contributed by atoms with Crippen LogP contribution in [0.4, 0.5) is 0 Å². The first-order valence-corrected chi connectivity index (χ1v) is 8.67. The SMILES string of the molecule is CC1COC(CCl)CN1S(=O)(=O)c1ccc(Br)cc1. The summed E-state index contributed by atoms with van der Waals surface area (Å²) in [6, 6.07) is 6.44. The molecule has 7 heteroatoms. The number of hydrogen-bond acceptors (Lipinski definition) is 3. The topological polar surface area (TPSA) is 46.6 Å². The zero-order valence-corrected chi connectivity index (χ0v) is 13.6. The minimum Gasteiger partial charge on any atom is -0.374 e. The van der Waals surface area contributed by atoms with Gasteiger partial charge < -0.3 is 4.74 Å². The molecule has 1 heterocycles. The van der Waals surface area contributed by atoms with Crippen LogP contribution in [0.1, 0.15) is 6.92 Å². The second kappa shape index (κ2) is 6.10. The standard InChI is InChI=1S/C12H15BrClNO3S/c1-9-8-18-11(6-14)7-15(9)19(16,17)12-4-2-10(13)3-5-12/h2-5,9,11H,6-8H2,1H3. The van der Waals surface area contributed by atoms with Gasteiger partial charge in [-0.3, -0.25) is 0 Å². The highest BCUT2D eigenvalue weighted by Crippen LogP contribution is 2.24. The van der Waals surface area contributed by atoms with Crippen molar-refractivity contribution >= 4 is 37.6 Å². The van der Waals surface area contributed by atoms with Crippen molar-refractivity contribution in [2.24, 2.45) is 0 Å². The molecule has 0 aromatic heterocycles. The van der Waals surface area contributed by atoms with E-state index in [-0.39, 0.29) is 17.0 Å². The molecule has 1 aromatic carbocycles. The Bertz CT molecular complexity index is 534. The third-order valence-electron chi connectivity index (χ3n) is 3.04. The fourth-order valence-electron chi connectivity index (χ4n) is 1.96. The van der Waals surface area contributed by atoms with Crippen LogP contribution >= 0.6 is 27.5 Å². The van der Waals surface area contributed by atoms with Crippen molar-refractivity contribution in [1.29, 1.82) is 0 Å². The second-order valence-corrected chi connectivity index (χ2v) is 7.60. The number of alkyl halides is 1. The Morgan fingerprint density at radius 1 is 1.42 bits per heavy atom. The first kappa shape index (κ1) is 15.3. The van der Waals surface area contributed by atoms with Gasteiger partial charge in [-0.15, -0.1) is 11.6 Å². The van der Waals surface area contributed by atoms with Gasteiger partial charge in [0, 0.05) is 22.9 Å². The van der Waals surface area contributed by atoms with Gasteiger partial charge in [-0.1, -0.05) is 15.9 Å². The summed E-state index contributed by atoms with van der Waals surface area (Å²) >= 11 is 9.05. The molecule has 4 nitrogen and oxygen atoms in total. The lowest BCUT2D eigenvalue weighted by molar-refractivity contribution is -0.0152. The highest BCUT2D eigenvalue weighted by molar-refractivity contribution is 9.10. The maximum atomic E-state index is 12.6. The molecule has 19 heavy (non-hydrogen) atoms. The summed E-state index contributed by atoms with van der Waals surface area (Å²) < 4.78 is 33.0. The van der Waals surface area contributed by atoms with E-state index in [0.717, 1.165) is 4.47 Å². The van der Waals surface area contributed by atoms with E-state index in [1.807, 2.05) is 6.92 Å². The van der Waals surface area contributed by atoms with Crippen molar-refractivity contribution < 1.29 is 13.2 Å². The summed E-state index contributed by atoms with van der Waals surface area (Å²) in [6.45, 7) is 2.50. The van der Waals surface area contributed by atoms with Crippen LogP contribution in [0.25, 0.3) is 0 Å². The number of sulfonamides is 1. The molecule has 0 bridgehead atoms. The van der Waals surface area contributed by atoms with Crippen molar-refractivity contribution in [1.82, 2.24) is 4.31 Å². The molecule has 2 rings (SSSR count). The van der Waals surface area contributed by atoms with Crippen LogP contribution in [0.2, 0.25) is 0 Å². The molecule has 2 unspecified atom stereocenters. The summed E-state index contributed by atoms with van der Waals surface area (Å²) in [7, 11) is -3.50. The molecular formula is C12H15BrClNO3S. The normalized spacial score (nSPS) is 25.4. The number of nitrogens with zero attached hydrogens (tertiary/aromatic N) is 1. The van der Waals surface area contributed by atoms with Crippen molar-refractivity contribution in [2.75, 3.05) is 19.0 Å². The number of hydrogen-bond donors (Lipinski definition) is 0. The molecule has 0 aliphatic carbocycles. The molecule has 1 aliphatic heterocycles. The maximum absolute atomic E-state index is 12.6. The van der Waals surface area contributed by atoms with Gasteiger partial charge in [0.2, 0.25) is 10.0 Å². The zero-order valence-electron chi connectivity index (χ0n) is 10.4. The highest BCUT2D eigenvalue weighted by Gasteiger charge is 2.35. The molecule has 0 saturated carbocycles. The van der Waals surface area contributed by atoms with Crippen LogP contribution < -0.4 is 0 Å². The van der Waals surface area contributed by atoms with Gasteiger partial charge in [0.25, 0.3) is 0 Å². The van der Waals surface area contributed by atoms with Gasteiger partial charge in [-0.2, -0.15) is 4.31 Å². The first-order valence-electron chi connectivity index (χ1n) is 5.90. The Labute approximate surface area is 126 Å². The average Bonchev–Trinajstić information content (AvgIpc) is 2.39. The average molecular weight is 369 g/mol. The first-order chi connectivity index (χ1) is 8.95. The molecule has 1 aromatic rings. The van der Waals surface area contributed by atoms with E-state index in [2.05, 4.69) is 15.9 Å². The molecule has 1 fully saturated rings. The number of ether oxygens (including phenoxy) is 1. The fraction of sp³-hybridized carbons (Fsp3) is 0.500. The summed E-state index contributed by atoms with van der Waals surface area (Å²) in [5.41, 5.74) is 0. The number of morpholine rings is 1. The van der Waals surface area contributed by atoms with Gasteiger partial charge in [0.1, 0.15) is 0 Å². The maximum Gasteiger partial charge on any atom is 0.243 e. The monoisotopic (exact) mass is 367 g/mol. The molecular weight excluding hydrogens is 354 g/mol. The summed E-state index contributed by atoms with van der Waals surface area (Å²) in [5, 5.41) is 0. The van der Waals surface area contributed by atoms with Crippen LogP contribution in [0.5, 0.6) is 0 Å². The summed E-state index contributed by atoms with van der Waals surface area (Å²) in [6.07, 6.45) is -0.247. The van der Waals surface area contributed by atoms with Crippen LogP contribution in [0, 0.1) is 0 Å². The van der Waals surface area contributed by atoms with Gasteiger partial charge in [-0.05, 0) is 31.2 Å². The van der Waals surface area contributed by atoms with E-state index in [0.29, 0.717) is 19.0 Å². The molecule has 1 saturated heterocycles. The molecule has 2 atom stereocenters. The third-order valence-corrected chi connectivity index (χ3v) is 5.91. The predicted molar refractivity (Wildman–Crippen MR) is 78.0 cm³/mol. The second-order valence-electron chi connectivity index (χ2n) is 4.49.